The Labute approximate surface area is 139 Å². The van der Waals surface area contributed by atoms with Gasteiger partial charge in [0.2, 0.25) is 5.89 Å². The summed E-state index contributed by atoms with van der Waals surface area (Å²) >= 11 is 5.73. The molecule has 1 N–H and O–H groups in total. The second kappa shape index (κ2) is 6.95. The van der Waals surface area contributed by atoms with Crippen molar-refractivity contribution in [3.05, 3.63) is 46.3 Å². The number of aromatic nitrogens is 2. The van der Waals surface area contributed by atoms with E-state index in [1.807, 2.05) is 13.8 Å². The van der Waals surface area contributed by atoms with Crippen LogP contribution in [0.15, 0.2) is 22.7 Å². The highest BCUT2D eigenvalue weighted by molar-refractivity contribution is 6.30. The van der Waals surface area contributed by atoms with Gasteiger partial charge < -0.3 is 14.6 Å². The van der Waals surface area contributed by atoms with Crippen LogP contribution in [-0.2, 0) is 11.3 Å². The first-order valence-electron chi connectivity index (χ1n) is 7.67. The Balaban J connectivity index is 1.65. The first-order valence-corrected chi connectivity index (χ1v) is 8.05. The quantitative estimate of drug-likeness (QED) is 0.901. The molecular weight excluding hydrogens is 321 g/mol. The smallest absolute Gasteiger partial charge is 0.240 e. The van der Waals surface area contributed by atoms with Gasteiger partial charge in [0.25, 0.3) is 0 Å². The highest BCUT2D eigenvalue weighted by Crippen LogP contribution is 2.31. The Hall–Kier alpha value is -1.50. The van der Waals surface area contributed by atoms with Crippen molar-refractivity contribution in [1.29, 1.82) is 0 Å². The van der Waals surface area contributed by atoms with Crippen LogP contribution >= 0.6 is 11.6 Å². The molecule has 0 spiro atoms. The lowest BCUT2D eigenvalue weighted by atomic mass is 10.0. The summed E-state index contributed by atoms with van der Waals surface area (Å²) in [4.78, 5) is 4.34. The third kappa shape index (κ3) is 3.71. The average molecular weight is 340 g/mol. The Morgan fingerprint density at radius 1 is 1.43 bits per heavy atom. The number of hydrogen-bond acceptors (Lipinski definition) is 5. The third-order valence-electron chi connectivity index (χ3n) is 3.88. The van der Waals surface area contributed by atoms with E-state index in [2.05, 4.69) is 15.5 Å². The molecule has 0 unspecified atom stereocenters. The zero-order chi connectivity index (χ0) is 16.4. The summed E-state index contributed by atoms with van der Waals surface area (Å²) in [6.45, 7) is 5.10. The SMILES string of the molecule is CC(C)c1noc(CN[C@@H]2CCO[C@@H]2c2ccc(Cl)c(F)c2)n1. The van der Waals surface area contributed by atoms with Crippen molar-refractivity contribution < 1.29 is 13.7 Å². The van der Waals surface area contributed by atoms with E-state index in [1.54, 1.807) is 12.1 Å². The molecule has 0 aliphatic carbocycles. The molecule has 1 aliphatic rings. The molecule has 1 saturated heterocycles. The number of halogens is 2. The highest BCUT2D eigenvalue weighted by Gasteiger charge is 2.30. The molecule has 2 heterocycles. The molecule has 2 aromatic rings. The topological polar surface area (TPSA) is 60.2 Å². The Morgan fingerprint density at radius 2 is 2.26 bits per heavy atom. The number of nitrogens with one attached hydrogen (secondary N) is 1. The fraction of sp³-hybridized carbons (Fsp3) is 0.500. The Kier molecular flexibility index (Phi) is 4.94. The molecular formula is C16H19ClFN3O2. The van der Waals surface area contributed by atoms with Crippen LogP contribution in [0.2, 0.25) is 5.02 Å². The molecule has 1 aromatic carbocycles. The van der Waals surface area contributed by atoms with Crippen LogP contribution in [0.4, 0.5) is 4.39 Å². The lowest BCUT2D eigenvalue weighted by Crippen LogP contribution is -2.31. The van der Waals surface area contributed by atoms with Crippen molar-refractivity contribution in [2.75, 3.05) is 6.61 Å². The second-order valence-electron chi connectivity index (χ2n) is 5.94. The van der Waals surface area contributed by atoms with Gasteiger partial charge >= 0.3 is 0 Å². The van der Waals surface area contributed by atoms with Crippen LogP contribution in [0.5, 0.6) is 0 Å². The van der Waals surface area contributed by atoms with Crippen molar-refractivity contribution in [1.82, 2.24) is 15.5 Å². The first-order chi connectivity index (χ1) is 11.0. The van der Waals surface area contributed by atoms with Gasteiger partial charge in [-0.2, -0.15) is 4.98 Å². The van der Waals surface area contributed by atoms with Crippen molar-refractivity contribution in [2.45, 2.75) is 44.9 Å². The normalized spacial score (nSPS) is 21.3. The van der Waals surface area contributed by atoms with Crippen molar-refractivity contribution in [3.63, 3.8) is 0 Å². The number of hydrogen-bond donors (Lipinski definition) is 1. The minimum atomic E-state index is -0.433. The summed E-state index contributed by atoms with van der Waals surface area (Å²) < 4.78 is 24.6. The molecule has 2 atom stereocenters. The molecule has 1 aromatic heterocycles. The van der Waals surface area contributed by atoms with E-state index in [1.165, 1.54) is 6.07 Å². The predicted molar refractivity (Wildman–Crippen MR) is 83.7 cm³/mol. The summed E-state index contributed by atoms with van der Waals surface area (Å²) in [5.74, 6) is 1.03. The maximum Gasteiger partial charge on any atom is 0.240 e. The Morgan fingerprint density at radius 3 is 2.96 bits per heavy atom. The van der Waals surface area contributed by atoms with Crippen LogP contribution in [0.25, 0.3) is 0 Å². The molecule has 3 rings (SSSR count). The lowest BCUT2D eigenvalue weighted by molar-refractivity contribution is 0.0976. The zero-order valence-electron chi connectivity index (χ0n) is 13.1. The van der Waals surface area contributed by atoms with E-state index in [0.29, 0.717) is 24.9 Å². The van der Waals surface area contributed by atoms with Crippen LogP contribution in [0.1, 0.15) is 49.6 Å². The minimum Gasteiger partial charge on any atom is -0.372 e. The molecule has 1 aliphatic heterocycles. The largest absolute Gasteiger partial charge is 0.372 e. The van der Waals surface area contributed by atoms with Crippen LogP contribution < -0.4 is 5.32 Å². The lowest BCUT2D eigenvalue weighted by Gasteiger charge is -2.19. The number of ether oxygens (including phenoxy) is 1. The molecule has 1 fully saturated rings. The number of rotatable bonds is 5. The maximum atomic E-state index is 13.6. The highest BCUT2D eigenvalue weighted by atomic mass is 35.5. The number of benzene rings is 1. The van der Waals surface area contributed by atoms with Gasteiger partial charge in [0.1, 0.15) is 5.82 Å². The Bertz CT molecular complexity index is 677. The molecule has 124 valence electrons. The molecule has 0 radical (unpaired) electrons. The van der Waals surface area contributed by atoms with E-state index < -0.39 is 5.82 Å². The summed E-state index contributed by atoms with van der Waals surface area (Å²) in [5, 5.41) is 7.41. The van der Waals surface area contributed by atoms with Gasteiger partial charge in [-0.15, -0.1) is 0 Å². The van der Waals surface area contributed by atoms with E-state index in [0.717, 1.165) is 12.0 Å². The average Bonchev–Trinajstić information content (AvgIpc) is 3.16. The van der Waals surface area contributed by atoms with Crippen molar-refractivity contribution in [3.8, 4) is 0 Å². The van der Waals surface area contributed by atoms with Crippen molar-refractivity contribution >= 4 is 11.6 Å². The van der Waals surface area contributed by atoms with Crippen LogP contribution in [0, 0.1) is 5.82 Å². The van der Waals surface area contributed by atoms with Gasteiger partial charge in [0.15, 0.2) is 5.82 Å². The summed E-state index contributed by atoms with van der Waals surface area (Å²) in [6, 6.07) is 4.83. The fourth-order valence-electron chi connectivity index (χ4n) is 2.61. The van der Waals surface area contributed by atoms with Gasteiger partial charge in [0, 0.05) is 18.6 Å². The molecule has 7 heteroatoms. The van der Waals surface area contributed by atoms with Crippen LogP contribution in [0.3, 0.4) is 0 Å². The van der Waals surface area contributed by atoms with E-state index in [4.69, 9.17) is 20.9 Å². The first kappa shape index (κ1) is 16.4. The monoisotopic (exact) mass is 339 g/mol. The van der Waals surface area contributed by atoms with Gasteiger partial charge in [-0.3, -0.25) is 0 Å². The third-order valence-corrected chi connectivity index (χ3v) is 4.19. The molecule has 5 nitrogen and oxygen atoms in total. The van der Waals surface area contributed by atoms with Crippen molar-refractivity contribution in [2.24, 2.45) is 0 Å². The van der Waals surface area contributed by atoms with Crippen LogP contribution in [-0.4, -0.2) is 22.8 Å². The standard InChI is InChI=1S/C16H19ClFN3O2/c1-9(2)16-20-14(23-21-16)8-19-13-5-6-22-15(13)10-3-4-11(17)12(18)7-10/h3-4,7,9,13,15,19H,5-6,8H2,1-2H3/t13-,15-/m1/s1. The van der Waals surface area contributed by atoms with Gasteiger partial charge in [-0.25, -0.2) is 4.39 Å². The molecule has 23 heavy (non-hydrogen) atoms. The van der Waals surface area contributed by atoms with Gasteiger partial charge in [-0.05, 0) is 24.1 Å². The predicted octanol–water partition coefficient (Wildman–Crippen LogP) is 3.61. The fourth-order valence-corrected chi connectivity index (χ4v) is 2.73. The van der Waals surface area contributed by atoms with E-state index >= 15 is 0 Å². The minimum absolute atomic E-state index is 0.0602. The molecule has 0 bridgehead atoms. The summed E-state index contributed by atoms with van der Waals surface area (Å²) in [5.41, 5.74) is 0.773. The molecule has 0 amide bonds. The zero-order valence-corrected chi connectivity index (χ0v) is 13.8. The molecule has 0 saturated carbocycles. The maximum absolute atomic E-state index is 13.6. The second-order valence-corrected chi connectivity index (χ2v) is 6.35. The van der Waals surface area contributed by atoms with Gasteiger partial charge in [0.05, 0.1) is 17.7 Å². The van der Waals surface area contributed by atoms with E-state index in [9.17, 15) is 4.39 Å². The summed E-state index contributed by atoms with van der Waals surface area (Å²) in [7, 11) is 0. The van der Waals surface area contributed by atoms with E-state index in [-0.39, 0.29) is 23.1 Å². The summed E-state index contributed by atoms with van der Waals surface area (Å²) in [6.07, 6.45) is 0.620. The van der Waals surface area contributed by atoms with Gasteiger partial charge in [-0.1, -0.05) is 36.7 Å². The number of nitrogens with zero attached hydrogens (tertiary/aromatic N) is 2.